The Morgan fingerprint density at radius 3 is 1.44 bits per heavy atom. The van der Waals surface area contributed by atoms with Gasteiger partial charge < -0.3 is 14.9 Å². The highest BCUT2D eigenvalue weighted by Crippen LogP contribution is 1.88. The Hall–Kier alpha value is -0.120. The first-order valence-electron chi connectivity index (χ1n) is 2.85. The van der Waals surface area contributed by atoms with E-state index in [9.17, 15) is 0 Å². The fourth-order valence-corrected chi connectivity index (χ4v) is 0. The predicted molar refractivity (Wildman–Crippen MR) is 36.1 cm³/mol. The SMILES string of the molecule is CC(C)(O)O.CCOC. The van der Waals surface area contributed by atoms with Crippen LogP contribution in [0.15, 0.2) is 0 Å². The van der Waals surface area contributed by atoms with E-state index in [1.807, 2.05) is 6.92 Å². The van der Waals surface area contributed by atoms with Gasteiger partial charge in [-0.15, -0.1) is 0 Å². The second-order valence-electron chi connectivity index (χ2n) is 2.07. The van der Waals surface area contributed by atoms with Crippen LogP contribution >= 0.6 is 0 Å². The fourth-order valence-electron chi connectivity index (χ4n) is 0. The van der Waals surface area contributed by atoms with Crippen LogP contribution in [0.3, 0.4) is 0 Å². The predicted octanol–water partition coefficient (Wildman–Crippen LogP) is 0.360. The van der Waals surface area contributed by atoms with Crippen LogP contribution in [0.4, 0.5) is 0 Å². The molecule has 0 unspecified atom stereocenters. The summed E-state index contributed by atoms with van der Waals surface area (Å²) in [7, 11) is 1.68. The largest absolute Gasteiger partial charge is 0.385 e. The molecule has 0 spiro atoms. The third kappa shape index (κ3) is 352. The molecule has 0 aromatic heterocycles. The quantitative estimate of drug-likeness (QED) is 0.512. The number of ether oxygens (including phenoxy) is 1. The van der Waals surface area contributed by atoms with Gasteiger partial charge in [0.05, 0.1) is 0 Å². The molecule has 0 rings (SSSR count). The topological polar surface area (TPSA) is 49.7 Å². The van der Waals surface area contributed by atoms with Crippen LogP contribution in [-0.2, 0) is 4.74 Å². The van der Waals surface area contributed by atoms with Gasteiger partial charge in [-0.2, -0.15) is 0 Å². The molecule has 0 atom stereocenters. The third-order valence-electron chi connectivity index (χ3n) is 0.289. The van der Waals surface area contributed by atoms with Gasteiger partial charge in [-0.1, -0.05) is 0 Å². The Kier molecular flexibility index (Phi) is 7.77. The van der Waals surface area contributed by atoms with Gasteiger partial charge >= 0.3 is 0 Å². The third-order valence-corrected chi connectivity index (χ3v) is 0.289. The zero-order valence-corrected chi connectivity index (χ0v) is 6.51. The summed E-state index contributed by atoms with van der Waals surface area (Å²) < 4.78 is 4.54. The van der Waals surface area contributed by atoms with Crippen LogP contribution in [0.25, 0.3) is 0 Å². The van der Waals surface area contributed by atoms with Gasteiger partial charge in [0, 0.05) is 13.7 Å². The van der Waals surface area contributed by atoms with Gasteiger partial charge in [0.25, 0.3) is 0 Å². The standard InChI is InChI=1S/C3H8O2.C3H8O/c1-3(2,4)5;1-3-4-2/h4-5H,1-2H3;3H2,1-2H3. The molecule has 3 nitrogen and oxygen atoms in total. The molecule has 0 aliphatic heterocycles. The minimum absolute atomic E-state index is 0.819. The lowest BCUT2D eigenvalue weighted by Gasteiger charge is -2.03. The summed E-state index contributed by atoms with van der Waals surface area (Å²) in [5.41, 5.74) is 0. The fraction of sp³-hybridized carbons (Fsp3) is 1.00. The number of aliphatic hydroxyl groups is 2. The Labute approximate surface area is 56.3 Å². The highest BCUT2D eigenvalue weighted by Gasteiger charge is 2.00. The lowest BCUT2D eigenvalue weighted by Crippen LogP contribution is -2.15. The highest BCUT2D eigenvalue weighted by atomic mass is 16.5. The van der Waals surface area contributed by atoms with Crippen molar-refractivity contribution in [2.24, 2.45) is 0 Å². The molecule has 0 saturated carbocycles. The van der Waals surface area contributed by atoms with Gasteiger partial charge in [-0.25, -0.2) is 0 Å². The van der Waals surface area contributed by atoms with E-state index in [2.05, 4.69) is 4.74 Å². The van der Waals surface area contributed by atoms with Crippen molar-refractivity contribution in [3.05, 3.63) is 0 Å². The molecule has 0 aromatic rings. The molecule has 0 bridgehead atoms. The van der Waals surface area contributed by atoms with Crippen molar-refractivity contribution in [3.8, 4) is 0 Å². The van der Waals surface area contributed by atoms with E-state index in [1.54, 1.807) is 7.11 Å². The van der Waals surface area contributed by atoms with Crippen LogP contribution in [0.2, 0.25) is 0 Å². The van der Waals surface area contributed by atoms with Gasteiger partial charge in [-0.3, -0.25) is 0 Å². The van der Waals surface area contributed by atoms with E-state index in [0.717, 1.165) is 6.61 Å². The molecule has 3 heteroatoms. The Bertz CT molecular complexity index is 38.8. The van der Waals surface area contributed by atoms with Crippen LogP contribution in [0.5, 0.6) is 0 Å². The van der Waals surface area contributed by atoms with E-state index in [0.29, 0.717) is 0 Å². The molecular weight excluding hydrogens is 120 g/mol. The average Bonchev–Trinajstić information content (AvgIpc) is 1.61. The van der Waals surface area contributed by atoms with Gasteiger partial charge in [0.1, 0.15) is 0 Å². The normalized spacial score (nSPS) is 10.0. The van der Waals surface area contributed by atoms with E-state index < -0.39 is 5.79 Å². The van der Waals surface area contributed by atoms with Crippen molar-refractivity contribution in [1.29, 1.82) is 0 Å². The van der Waals surface area contributed by atoms with Crippen LogP contribution in [-0.4, -0.2) is 29.7 Å². The van der Waals surface area contributed by atoms with E-state index >= 15 is 0 Å². The maximum Gasteiger partial charge on any atom is 0.156 e. The van der Waals surface area contributed by atoms with E-state index in [1.165, 1.54) is 13.8 Å². The molecular formula is C6H16O3. The molecule has 0 fully saturated rings. The Balaban J connectivity index is 0. The molecule has 0 aliphatic carbocycles. The van der Waals surface area contributed by atoms with Crippen molar-refractivity contribution in [2.45, 2.75) is 26.6 Å². The first-order valence-corrected chi connectivity index (χ1v) is 2.85. The lowest BCUT2D eigenvalue weighted by atomic mass is 10.4. The molecule has 0 amide bonds. The van der Waals surface area contributed by atoms with Gasteiger partial charge in [0.15, 0.2) is 5.79 Å². The van der Waals surface area contributed by atoms with Crippen LogP contribution in [0, 0.1) is 0 Å². The van der Waals surface area contributed by atoms with Crippen molar-refractivity contribution >= 4 is 0 Å². The smallest absolute Gasteiger partial charge is 0.156 e. The average molecular weight is 136 g/mol. The molecule has 0 radical (unpaired) electrons. The number of hydrogen-bond donors (Lipinski definition) is 2. The summed E-state index contributed by atoms with van der Waals surface area (Å²) in [6.45, 7) is 5.38. The van der Waals surface area contributed by atoms with Crippen molar-refractivity contribution < 1.29 is 14.9 Å². The zero-order chi connectivity index (χ0) is 7.91. The van der Waals surface area contributed by atoms with Crippen molar-refractivity contribution in [1.82, 2.24) is 0 Å². The summed E-state index contributed by atoms with van der Waals surface area (Å²) >= 11 is 0. The summed E-state index contributed by atoms with van der Waals surface area (Å²) in [5.74, 6) is -1.50. The summed E-state index contributed by atoms with van der Waals surface area (Å²) in [6, 6.07) is 0. The molecule has 0 saturated heterocycles. The molecule has 58 valence electrons. The van der Waals surface area contributed by atoms with Gasteiger partial charge in [0.2, 0.25) is 0 Å². The number of methoxy groups -OCH3 is 1. The van der Waals surface area contributed by atoms with Gasteiger partial charge in [-0.05, 0) is 20.8 Å². The lowest BCUT2D eigenvalue weighted by molar-refractivity contribution is -0.127. The monoisotopic (exact) mass is 136 g/mol. The van der Waals surface area contributed by atoms with Crippen LogP contribution in [0.1, 0.15) is 20.8 Å². The number of rotatable bonds is 1. The second kappa shape index (κ2) is 6.01. The molecule has 0 aromatic carbocycles. The van der Waals surface area contributed by atoms with E-state index in [4.69, 9.17) is 10.2 Å². The first-order chi connectivity index (χ1) is 3.91. The number of hydrogen-bond acceptors (Lipinski definition) is 3. The molecule has 0 heterocycles. The zero-order valence-electron chi connectivity index (χ0n) is 6.51. The highest BCUT2D eigenvalue weighted by molar-refractivity contribution is 4.37. The second-order valence-corrected chi connectivity index (χ2v) is 2.07. The molecule has 0 aliphatic rings. The Morgan fingerprint density at radius 2 is 1.44 bits per heavy atom. The van der Waals surface area contributed by atoms with E-state index in [-0.39, 0.29) is 0 Å². The maximum absolute atomic E-state index is 8.08. The minimum Gasteiger partial charge on any atom is -0.385 e. The van der Waals surface area contributed by atoms with Crippen molar-refractivity contribution in [3.63, 3.8) is 0 Å². The summed E-state index contributed by atoms with van der Waals surface area (Å²) in [5, 5.41) is 16.2. The summed E-state index contributed by atoms with van der Waals surface area (Å²) in [4.78, 5) is 0. The summed E-state index contributed by atoms with van der Waals surface area (Å²) in [6.07, 6.45) is 0. The minimum atomic E-state index is -1.50. The molecule has 2 N–H and O–H groups in total. The van der Waals surface area contributed by atoms with Crippen molar-refractivity contribution in [2.75, 3.05) is 13.7 Å². The molecule has 9 heavy (non-hydrogen) atoms. The van der Waals surface area contributed by atoms with Crippen LogP contribution < -0.4 is 0 Å². The first kappa shape index (κ1) is 11.6. The maximum atomic E-state index is 8.08. The Morgan fingerprint density at radius 1 is 1.33 bits per heavy atom.